The van der Waals surface area contributed by atoms with E-state index in [0.717, 1.165) is 18.8 Å². The van der Waals surface area contributed by atoms with E-state index >= 15 is 0 Å². The van der Waals surface area contributed by atoms with E-state index < -0.39 is 0 Å². The van der Waals surface area contributed by atoms with E-state index in [9.17, 15) is 4.79 Å². The summed E-state index contributed by atoms with van der Waals surface area (Å²) in [5, 5.41) is 0. The monoisotopic (exact) mass is 593 g/mol. The Morgan fingerprint density at radius 3 is 1.10 bits per heavy atom. The maximum atomic E-state index is 11.9. The first-order valence-corrected chi connectivity index (χ1v) is 19.9. The van der Waals surface area contributed by atoms with E-state index in [0.29, 0.717) is 13.0 Å². The zero-order valence-electron chi connectivity index (χ0n) is 29.6. The lowest BCUT2D eigenvalue weighted by atomic mass is 9.99. The largest absolute Gasteiger partial charge is 0.466 e. The zero-order chi connectivity index (χ0) is 30.6. The number of hydrogen-bond donors (Lipinski definition) is 0. The predicted molar refractivity (Wildman–Crippen MR) is 188 cm³/mol. The molecule has 0 fully saturated rings. The van der Waals surface area contributed by atoms with Crippen LogP contribution in [-0.4, -0.2) is 12.6 Å². The van der Waals surface area contributed by atoms with Crippen LogP contribution in [0.2, 0.25) is 0 Å². The summed E-state index contributed by atoms with van der Waals surface area (Å²) in [6.07, 6.45) is 46.1. The highest BCUT2D eigenvalue weighted by molar-refractivity contribution is 5.69. The minimum Gasteiger partial charge on any atom is -0.466 e. The average Bonchev–Trinajstić information content (AvgIpc) is 3.00. The zero-order valence-corrected chi connectivity index (χ0v) is 29.6. The second kappa shape index (κ2) is 36.7. The van der Waals surface area contributed by atoms with Crippen LogP contribution in [0.1, 0.15) is 239 Å². The van der Waals surface area contributed by atoms with Crippen molar-refractivity contribution in [2.45, 2.75) is 239 Å². The quantitative estimate of drug-likeness (QED) is 0.0534. The molecular formula is C40H80O2. The van der Waals surface area contributed by atoms with Crippen molar-refractivity contribution in [2.75, 3.05) is 6.61 Å². The van der Waals surface area contributed by atoms with E-state index in [2.05, 4.69) is 20.8 Å². The van der Waals surface area contributed by atoms with Crippen molar-refractivity contribution in [1.29, 1.82) is 0 Å². The Balaban J connectivity index is 3.12. The predicted octanol–water partition coefficient (Wildman–Crippen LogP) is 14.5. The van der Waals surface area contributed by atoms with Gasteiger partial charge in [0.25, 0.3) is 0 Å². The van der Waals surface area contributed by atoms with E-state index in [1.165, 1.54) is 199 Å². The molecule has 0 radical (unpaired) electrons. The minimum absolute atomic E-state index is 0.0251. The normalized spacial score (nSPS) is 12.2. The lowest BCUT2D eigenvalue weighted by Crippen LogP contribution is -2.05. The number of carbonyl (C=O) groups is 1. The van der Waals surface area contributed by atoms with Crippen molar-refractivity contribution in [3.8, 4) is 0 Å². The van der Waals surface area contributed by atoms with Crippen molar-refractivity contribution in [1.82, 2.24) is 0 Å². The SMILES string of the molecule is CCCCCCCCCCCC(=O)OCCCCCCCCCCCCCCCCCCCCCCCCC(C)CC. The number of hydrogen-bond acceptors (Lipinski definition) is 2. The molecule has 2 heteroatoms. The molecule has 2 nitrogen and oxygen atoms in total. The van der Waals surface area contributed by atoms with Crippen LogP contribution in [-0.2, 0) is 9.53 Å². The van der Waals surface area contributed by atoms with Gasteiger partial charge in [-0.15, -0.1) is 0 Å². The Kier molecular flexibility index (Phi) is 36.2. The molecule has 0 aliphatic carbocycles. The lowest BCUT2D eigenvalue weighted by molar-refractivity contribution is -0.143. The summed E-state index contributed by atoms with van der Waals surface area (Å²) in [6, 6.07) is 0. The van der Waals surface area contributed by atoms with Gasteiger partial charge in [0.15, 0.2) is 0 Å². The number of carbonyl (C=O) groups excluding carboxylic acids is 1. The van der Waals surface area contributed by atoms with Crippen LogP contribution in [0.15, 0.2) is 0 Å². The average molecular weight is 593 g/mol. The van der Waals surface area contributed by atoms with E-state index in [-0.39, 0.29) is 5.97 Å². The summed E-state index contributed by atoms with van der Waals surface area (Å²) < 4.78 is 5.43. The minimum atomic E-state index is 0.0251. The van der Waals surface area contributed by atoms with Gasteiger partial charge in [0.2, 0.25) is 0 Å². The molecule has 0 heterocycles. The fraction of sp³-hybridized carbons (Fsp3) is 0.975. The first-order chi connectivity index (χ1) is 20.7. The Morgan fingerprint density at radius 1 is 0.429 bits per heavy atom. The molecule has 1 unspecified atom stereocenters. The topological polar surface area (TPSA) is 26.3 Å². The van der Waals surface area contributed by atoms with E-state index in [4.69, 9.17) is 4.74 Å². The molecule has 0 rings (SSSR count). The second-order valence-corrected chi connectivity index (χ2v) is 13.9. The van der Waals surface area contributed by atoms with Gasteiger partial charge < -0.3 is 4.74 Å². The number of ether oxygens (including phenoxy) is 1. The lowest BCUT2D eigenvalue weighted by Gasteiger charge is -2.07. The van der Waals surface area contributed by atoms with Crippen LogP contribution in [0.3, 0.4) is 0 Å². The Labute approximate surface area is 266 Å². The number of esters is 1. The molecule has 0 amide bonds. The molecule has 0 aliphatic rings. The molecule has 252 valence electrons. The number of rotatable bonds is 36. The highest BCUT2D eigenvalue weighted by Gasteiger charge is 2.03. The van der Waals surface area contributed by atoms with Crippen molar-refractivity contribution in [2.24, 2.45) is 5.92 Å². The van der Waals surface area contributed by atoms with Crippen molar-refractivity contribution < 1.29 is 9.53 Å². The van der Waals surface area contributed by atoms with Gasteiger partial charge in [0, 0.05) is 6.42 Å². The van der Waals surface area contributed by atoms with Crippen LogP contribution in [0.5, 0.6) is 0 Å². The Bertz CT molecular complexity index is 502. The van der Waals surface area contributed by atoms with E-state index in [1.807, 2.05) is 0 Å². The second-order valence-electron chi connectivity index (χ2n) is 13.9. The summed E-state index contributed by atoms with van der Waals surface area (Å²) in [7, 11) is 0. The van der Waals surface area contributed by atoms with Gasteiger partial charge in [-0.25, -0.2) is 0 Å². The van der Waals surface area contributed by atoms with E-state index in [1.54, 1.807) is 0 Å². The van der Waals surface area contributed by atoms with Crippen LogP contribution in [0.4, 0.5) is 0 Å². The molecule has 0 aromatic heterocycles. The van der Waals surface area contributed by atoms with Gasteiger partial charge >= 0.3 is 5.97 Å². The van der Waals surface area contributed by atoms with Crippen molar-refractivity contribution in [3.63, 3.8) is 0 Å². The van der Waals surface area contributed by atoms with Crippen LogP contribution in [0, 0.1) is 5.92 Å². The summed E-state index contributed by atoms with van der Waals surface area (Å²) in [5.41, 5.74) is 0. The number of unbranched alkanes of at least 4 members (excludes halogenated alkanes) is 29. The highest BCUT2D eigenvalue weighted by Crippen LogP contribution is 2.17. The van der Waals surface area contributed by atoms with Crippen molar-refractivity contribution in [3.05, 3.63) is 0 Å². The molecule has 0 spiro atoms. The Hall–Kier alpha value is -0.530. The molecule has 1 atom stereocenters. The summed E-state index contributed by atoms with van der Waals surface area (Å²) in [6.45, 7) is 7.62. The van der Waals surface area contributed by atoms with Gasteiger partial charge in [-0.1, -0.05) is 220 Å². The molecule has 42 heavy (non-hydrogen) atoms. The molecule has 0 bridgehead atoms. The first kappa shape index (κ1) is 41.5. The molecule has 0 aromatic carbocycles. The fourth-order valence-electron chi connectivity index (χ4n) is 6.17. The third-order valence-electron chi connectivity index (χ3n) is 9.54. The molecular weight excluding hydrogens is 512 g/mol. The standard InChI is InChI=1S/C40H80O2/c1-4-6-7-8-9-24-28-31-34-37-40(41)42-38-35-32-29-26-23-21-19-17-15-13-11-10-12-14-16-18-20-22-25-27-30-33-36-39(3)5-2/h39H,4-38H2,1-3H3. The van der Waals surface area contributed by atoms with Gasteiger partial charge in [-0.2, -0.15) is 0 Å². The molecule has 0 saturated carbocycles. The molecule has 0 aliphatic heterocycles. The fourth-order valence-corrected chi connectivity index (χ4v) is 6.17. The third-order valence-corrected chi connectivity index (χ3v) is 9.54. The van der Waals surface area contributed by atoms with Gasteiger partial charge in [0.05, 0.1) is 6.61 Å². The van der Waals surface area contributed by atoms with Crippen molar-refractivity contribution >= 4 is 5.97 Å². The molecule has 0 N–H and O–H groups in total. The first-order valence-electron chi connectivity index (χ1n) is 19.9. The Morgan fingerprint density at radius 2 is 0.738 bits per heavy atom. The summed E-state index contributed by atoms with van der Waals surface area (Å²) in [4.78, 5) is 11.9. The van der Waals surface area contributed by atoms with Crippen LogP contribution in [0.25, 0.3) is 0 Å². The summed E-state index contributed by atoms with van der Waals surface area (Å²) >= 11 is 0. The van der Waals surface area contributed by atoms with Gasteiger partial charge in [0.1, 0.15) is 0 Å². The summed E-state index contributed by atoms with van der Waals surface area (Å²) in [5.74, 6) is 0.962. The molecule has 0 saturated heterocycles. The highest BCUT2D eigenvalue weighted by atomic mass is 16.5. The smallest absolute Gasteiger partial charge is 0.305 e. The third kappa shape index (κ3) is 35.7. The van der Waals surface area contributed by atoms with Crippen LogP contribution >= 0.6 is 0 Å². The maximum Gasteiger partial charge on any atom is 0.305 e. The maximum absolute atomic E-state index is 11.9. The van der Waals surface area contributed by atoms with Gasteiger partial charge in [-0.05, 0) is 18.8 Å². The molecule has 0 aromatic rings. The van der Waals surface area contributed by atoms with Gasteiger partial charge in [-0.3, -0.25) is 4.79 Å². The van der Waals surface area contributed by atoms with Crippen LogP contribution < -0.4 is 0 Å².